The van der Waals surface area contributed by atoms with Gasteiger partial charge in [-0.15, -0.1) is 24.0 Å². The topological polar surface area (TPSA) is 48.9 Å². The second-order valence-electron chi connectivity index (χ2n) is 6.31. The van der Waals surface area contributed by atoms with Crippen molar-refractivity contribution in [3.05, 3.63) is 29.8 Å². The summed E-state index contributed by atoms with van der Waals surface area (Å²) in [4.78, 5) is 6.63. The van der Waals surface area contributed by atoms with Crippen LogP contribution in [-0.2, 0) is 6.42 Å². The smallest absolute Gasteiger partial charge is 0.191 e. The highest BCUT2D eigenvalue weighted by Gasteiger charge is 2.32. The van der Waals surface area contributed by atoms with Crippen LogP contribution in [0, 0.1) is 5.92 Å². The maximum atomic E-state index is 5.39. The second-order valence-corrected chi connectivity index (χ2v) is 6.31. The Morgan fingerprint density at radius 1 is 1.29 bits per heavy atom. The van der Waals surface area contributed by atoms with E-state index < -0.39 is 0 Å². The van der Waals surface area contributed by atoms with E-state index in [1.165, 1.54) is 18.4 Å². The molecule has 0 bridgehead atoms. The lowest BCUT2D eigenvalue weighted by molar-refractivity contribution is 0.264. The second kappa shape index (κ2) is 10.8. The van der Waals surface area contributed by atoms with Crippen LogP contribution in [0.3, 0.4) is 0 Å². The van der Waals surface area contributed by atoms with Gasteiger partial charge in [0.2, 0.25) is 0 Å². The molecule has 1 aromatic rings. The van der Waals surface area contributed by atoms with Crippen molar-refractivity contribution in [2.24, 2.45) is 10.9 Å². The largest absolute Gasteiger partial charge is 0.496 e. The van der Waals surface area contributed by atoms with Crippen LogP contribution < -0.4 is 15.4 Å². The fourth-order valence-electron chi connectivity index (χ4n) is 2.90. The first-order valence-electron chi connectivity index (χ1n) is 8.38. The predicted molar refractivity (Wildman–Crippen MR) is 112 cm³/mol. The Morgan fingerprint density at radius 2 is 2.00 bits per heavy atom. The highest BCUT2D eigenvalue weighted by atomic mass is 127. The summed E-state index contributed by atoms with van der Waals surface area (Å²) in [5.74, 6) is 2.65. The number of guanidine groups is 1. The van der Waals surface area contributed by atoms with Crippen molar-refractivity contribution in [2.75, 3.05) is 41.3 Å². The minimum absolute atomic E-state index is 0. The highest BCUT2D eigenvalue weighted by Crippen LogP contribution is 2.34. The zero-order valence-electron chi connectivity index (χ0n) is 15.2. The van der Waals surface area contributed by atoms with Gasteiger partial charge in [0, 0.05) is 26.2 Å². The van der Waals surface area contributed by atoms with Crippen LogP contribution in [0.4, 0.5) is 0 Å². The van der Waals surface area contributed by atoms with E-state index in [0.717, 1.165) is 37.1 Å². The van der Waals surface area contributed by atoms with E-state index >= 15 is 0 Å². The number of rotatable bonds is 8. The molecular formula is C18H31IN4O. The lowest BCUT2D eigenvalue weighted by atomic mass is 10.1. The average molecular weight is 446 g/mol. The predicted octanol–water partition coefficient (Wildman–Crippen LogP) is 2.36. The van der Waals surface area contributed by atoms with Crippen molar-refractivity contribution in [1.82, 2.24) is 15.5 Å². The van der Waals surface area contributed by atoms with Crippen LogP contribution >= 0.6 is 24.0 Å². The molecule has 0 radical (unpaired) electrons. The van der Waals surface area contributed by atoms with Crippen LogP contribution in [0.15, 0.2) is 29.3 Å². The fourth-order valence-corrected chi connectivity index (χ4v) is 2.90. The number of nitrogens with one attached hydrogen (secondary N) is 2. The van der Waals surface area contributed by atoms with Gasteiger partial charge < -0.3 is 20.3 Å². The first-order valence-corrected chi connectivity index (χ1v) is 8.38. The summed E-state index contributed by atoms with van der Waals surface area (Å²) >= 11 is 0. The Morgan fingerprint density at radius 3 is 2.58 bits per heavy atom. The molecular weight excluding hydrogens is 415 g/mol. The van der Waals surface area contributed by atoms with Crippen LogP contribution in [0.2, 0.25) is 0 Å². The van der Waals surface area contributed by atoms with Crippen molar-refractivity contribution in [1.29, 1.82) is 0 Å². The van der Waals surface area contributed by atoms with Gasteiger partial charge in [0.1, 0.15) is 5.75 Å². The maximum Gasteiger partial charge on any atom is 0.191 e. The lowest BCUT2D eigenvalue weighted by Gasteiger charge is -2.25. The molecule has 1 aliphatic rings. The molecule has 0 spiro atoms. The molecule has 0 heterocycles. The third-order valence-corrected chi connectivity index (χ3v) is 4.41. The lowest BCUT2D eigenvalue weighted by Crippen LogP contribution is -2.46. The van der Waals surface area contributed by atoms with E-state index in [0.29, 0.717) is 6.04 Å². The number of methoxy groups -OCH3 is 1. The Hall–Kier alpha value is -1.02. The molecule has 0 aromatic heterocycles. The Balaban J connectivity index is 0.00000288. The van der Waals surface area contributed by atoms with Crippen molar-refractivity contribution < 1.29 is 4.74 Å². The van der Waals surface area contributed by atoms with E-state index in [2.05, 4.69) is 40.7 Å². The molecule has 136 valence electrons. The molecule has 1 fully saturated rings. The fraction of sp³-hybridized carbons (Fsp3) is 0.611. The Labute approximate surface area is 163 Å². The molecule has 6 heteroatoms. The number of benzene rings is 1. The van der Waals surface area contributed by atoms with Gasteiger partial charge in [-0.2, -0.15) is 0 Å². The van der Waals surface area contributed by atoms with Gasteiger partial charge in [-0.05, 0) is 50.9 Å². The molecule has 5 nitrogen and oxygen atoms in total. The van der Waals surface area contributed by atoms with E-state index in [1.807, 2.05) is 25.2 Å². The zero-order valence-corrected chi connectivity index (χ0v) is 17.5. The molecule has 0 aliphatic heterocycles. The molecule has 1 unspecified atom stereocenters. The number of ether oxygens (including phenoxy) is 1. The van der Waals surface area contributed by atoms with Crippen LogP contribution in [0.1, 0.15) is 18.4 Å². The first-order chi connectivity index (χ1) is 11.2. The van der Waals surface area contributed by atoms with Crippen molar-refractivity contribution in [3.8, 4) is 5.75 Å². The third-order valence-electron chi connectivity index (χ3n) is 4.41. The van der Waals surface area contributed by atoms with Crippen molar-refractivity contribution >= 4 is 29.9 Å². The molecule has 1 aromatic carbocycles. The van der Waals surface area contributed by atoms with E-state index in [4.69, 9.17) is 4.74 Å². The molecule has 2 rings (SSSR count). The van der Waals surface area contributed by atoms with E-state index in [1.54, 1.807) is 7.11 Å². The Bertz CT molecular complexity index is 515. The molecule has 24 heavy (non-hydrogen) atoms. The molecule has 1 aliphatic carbocycles. The SMILES string of the molecule is CN=C(NCCc1ccccc1OC)NCC(C1CC1)N(C)C.I. The summed E-state index contributed by atoms with van der Waals surface area (Å²) in [5.41, 5.74) is 1.21. The van der Waals surface area contributed by atoms with Gasteiger partial charge in [-0.25, -0.2) is 0 Å². The minimum atomic E-state index is 0. The number of aliphatic imine (C=N–C) groups is 1. The average Bonchev–Trinajstić information content (AvgIpc) is 3.38. The summed E-state index contributed by atoms with van der Waals surface area (Å²) in [6, 6.07) is 8.73. The first kappa shape index (κ1) is 21.0. The number of para-hydroxylation sites is 1. The van der Waals surface area contributed by atoms with E-state index in [9.17, 15) is 0 Å². The summed E-state index contributed by atoms with van der Waals surface area (Å²) in [6.45, 7) is 1.77. The van der Waals surface area contributed by atoms with Gasteiger partial charge in [0.05, 0.1) is 7.11 Å². The summed E-state index contributed by atoms with van der Waals surface area (Å²) in [7, 11) is 7.84. The number of halogens is 1. The van der Waals surface area contributed by atoms with Crippen LogP contribution in [-0.4, -0.2) is 58.2 Å². The molecule has 0 saturated heterocycles. The molecule has 1 atom stereocenters. The quantitative estimate of drug-likeness (QED) is 0.366. The van der Waals surface area contributed by atoms with Crippen molar-refractivity contribution in [2.45, 2.75) is 25.3 Å². The van der Waals surface area contributed by atoms with Gasteiger partial charge in [0.25, 0.3) is 0 Å². The summed E-state index contributed by atoms with van der Waals surface area (Å²) in [5, 5.41) is 6.84. The number of likely N-dealkylation sites (N-methyl/N-ethyl adjacent to an activating group) is 1. The highest BCUT2D eigenvalue weighted by molar-refractivity contribution is 14.0. The van der Waals surface area contributed by atoms with Gasteiger partial charge in [-0.3, -0.25) is 4.99 Å². The van der Waals surface area contributed by atoms with Crippen LogP contribution in [0.5, 0.6) is 5.75 Å². The Kier molecular flexibility index (Phi) is 9.43. The molecule has 2 N–H and O–H groups in total. The third kappa shape index (κ3) is 6.47. The molecule has 1 saturated carbocycles. The summed E-state index contributed by atoms with van der Waals surface area (Å²) < 4.78 is 5.39. The van der Waals surface area contributed by atoms with Crippen LogP contribution in [0.25, 0.3) is 0 Å². The van der Waals surface area contributed by atoms with Gasteiger partial charge >= 0.3 is 0 Å². The molecule has 0 amide bonds. The zero-order chi connectivity index (χ0) is 16.7. The normalized spacial score (nSPS) is 15.6. The number of hydrogen-bond acceptors (Lipinski definition) is 3. The minimum Gasteiger partial charge on any atom is -0.496 e. The van der Waals surface area contributed by atoms with Gasteiger partial charge in [0.15, 0.2) is 5.96 Å². The summed E-state index contributed by atoms with van der Waals surface area (Å²) in [6.07, 6.45) is 3.61. The number of nitrogens with zero attached hydrogens (tertiary/aromatic N) is 2. The van der Waals surface area contributed by atoms with E-state index in [-0.39, 0.29) is 24.0 Å². The van der Waals surface area contributed by atoms with Crippen molar-refractivity contribution in [3.63, 3.8) is 0 Å². The number of hydrogen-bond donors (Lipinski definition) is 2. The monoisotopic (exact) mass is 446 g/mol. The standard InChI is InChI=1S/C18H30N4O.HI/c1-19-18(21-13-16(22(2)3)14-9-10-14)20-12-11-15-7-5-6-8-17(15)23-4;/h5-8,14,16H,9-13H2,1-4H3,(H2,19,20,21);1H. The van der Waals surface area contributed by atoms with Gasteiger partial charge in [-0.1, -0.05) is 18.2 Å². The maximum absolute atomic E-state index is 5.39.